The van der Waals surface area contributed by atoms with E-state index in [9.17, 15) is 0 Å². The molecule has 2 aromatic carbocycles. The van der Waals surface area contributed by atoms with Crippen molar-refractivity contribution in [1.82, 2.24) is 9.55 Å². The zero-order chi connectivity index (χ0) is 16.9. The molecule has 0 saturated carbocycles. The number of hydrogen-bond donors (Lipinski definition) is 0. The lowest BCUT2D eigenvalue weighted by atomic mass is 9.85. The van der Waals surface area contributed by atoms with Crippen molar-refractivity contribution >= 4 is 17.1 Å². The Balaban J connectivity index is 1.98. The van der Waals surface area contributed by atoms with Crippen LogP contribution in [0, 0.1) is 5.41 Å². The lowest BCUT2D eigenvalue weighted by molar-refractivity contribution is 0.411. The number of rotatable bonds is 2. The van der Waals surface area contributed by atoms with Gasteiger partial charge in [0, 0.05) is 11.1 Å². The summed E-state index contributed by atoms with van der Waals surface area (Å²) in [4.78, 5) is 4.97. The van der Waals surface area contributed by atoms with Crippen molar-refractivity contribution in [2.45, 2.75) is 40.2 Å². The van der Waals surface area contributed by atoms with E-state index in [0.717, 1.165) is 17.8 Å². The van der Waals surface area contributed by atoms with Crippen molar-refractivity contribution < 1.29 is 0 Å². The Morgan fingerprint density at radius 2 is 1.79 bits per heavy atom. The second kappa shape index (κ2) is 5.34. The fraction of sp³-hybridized carbons (Fsp3) is 0.318. The molecule has 1 atom stereocenters. The molecule has 1 unspecified atom stereocenters. The van der Waals surface area contributed by atoms with E-state index in [-0.39, 0.29) is 5.41 Å². The maximum atomic E-state index is 4.97. The van der Waals surface area contributed by atoms with Crippen molar-refractivity contribution in [3.8, 4) is 11.4 Å². The molecule has 0 bridgehead atoms. The molecule has 24 heavy (non-hydrogen) atoms. The van der Waals surface area contributed by atoms with E-state index >= 15 is 0 Å². The van der Waals surface area contributed by atoms with Gasteiger partial charge in [-0.25, -0.2) is 4.98 Å². The molecule has 122 valence electrons. The summed E-state index contributed by atoms with van der Waals surface area (Å²) in [5.74, 6) is 1.07. The van der Waals surface area contributed by atoms with Crippen LogP contribution in [0.5, 0.6) is 0 Å². The highest BCUT2D eigenvalue weighted by molar-refractivity contribution is 5.91. The molecule has 0 aliphatic carbocycles. The molecule has 2 heteroatoms. The van der Waals surface area contributed by atoms with E-state index in [1.165, 1.54) is 22.2 Å². The standard InChI is InChI=1S/C22H24N2/c1-15-10-12-18-17(14-22(2,3)4)11-13-19-20(18)24(15)21(23-19)16-8-6-5-7-9-16/h5-13,15H,14H2,1-4H3. The number of allylic oxidation sites excluding steroid dienone is 1. The summed E-state index contributed by atoms with van der Waals surface area (Å²) < 4.78 is 2.40. The van der Waals surface area contributed by atoms with Gasteiger partial charge >= 0.3 is 0 Å². The molecule has 2 nitrogen and oxygen atoms in total. The van der Waals surface area contributed by atoms with Crippen LogP contribution in [0.15, 0.2) is 48.5 Å². The quantitative estimate of drug-likeness (QED) is 0.577. The number of hydrogen-bond acceptors (Lipinski definition) is 1. The molecule has 0 fully saturated rings. The second-order valence-electron chi connectivity index (χ2n) is 8.01. The summed E-state index contributed by atoms with van der Waals surface area (Å²) in [6.45, 7) is 9.13. The minimum absolute atomic E-state index is 0.272. The molecule has 0 N–H and O–H groups in total. The minimum Gasteiger partial charge on any atom is -0.317 e. The van der Waals surface area contributed by atoms with E-state index in [1.807, 2.05) is 0 Å². The van der Waals surface area contributed by atoms with Gasteiger partial charge in [0.2, 0.25) is 0 Å². The van der Waals surface area contributed by atoms with Gasteiger partial charge in [-0.05, 0) is 30.4 Å². The number of imidazole rings is 1. The maximum Gasteiger partial charge on any atom is 0.141 e. The molecule has 1 aliphatic rings. The monoisotopic (exact) mass is 316 g/mol. The third kappa shape index (κ3) is 2.47. The number of aromatic nitrogens is 2. The third-order valence-electron chi connectivity index (χ3n) is 4.68. The van der Waals surface area contributed by atoms with Crippen LogP contribution >= 0.6 is 0 Å². The van der Waals surface area contributed by atoms with Crippen LogP contribution in [-0.4, -0.2) is 9.55 Å². The molecule has 0 amide bonds. The van der Waals surface area contributed by atoms with Crippen molar-refractivity contribution in [3.63, 3.8) is 0 Å². The first-order valence-corrected chi connectivity index (χ1v) is 8.71. The van der Waals surface area contributed by atoms with Crippen LogP contribution in [0.25, 0.3) is 28.5 Å². The first-order chi connectivity index (χ1) is 11.4. The molecule has 2 heterocycles. The zero-order valence-electron chi connectivity index (χ0n) is 14.9. The Morgan fingerprint density at radius 3 is 2.50 bits per heavy atom. The maximum absolute atomic E-state index is 4.97. The number of nitrogens with zero attached hydrogens (tertiary/aromatic N) is 2. The fourth-order valence-corrected chi connectivity index (χ4v) is 3.68. The normalized spacial score (nSPS) is 16.8. The molecular weight excluding hydrogens is 292 g/mol. The van der Waals surface area contributed by atoms with E-state index in [4.69, 9.17) is 4.98 Å². The smallest absolute Gasteiger partial charge is 0.141 e. The van der Waals surface area contributed by atoms with Gasteiger partial charge in [0.15, 0.2) is 0 Å². The molecule has 0 radical (unpaired) electrons. The summed E-state index contributed by atoms with van der Waals surface area (Å²) in [6.07, 6.45) is 5.66. The first kappa shape index (κ1) is 15.2. The zero-order valence-corrected chi connectivity index (χ0v) is 14.9. The van der Waals surface area contributed by atoms with Gasteiger partial charge in [0.1, 0.15) is 5.82 Å². The highest BCUT2D eigenvalue weighted by Crippen LogP contribution is 2.37. The van der Waals surface area contributed by atoms with Crippen molar-refractivity contribution in [3.05, 3.63) is 59.7 Å². The summed E-state index contributed by atoms with van der Waals surface area (Å²) in [5.41, 5.74) is 6.59. The molecule has 1 aliphatic heterocycles. The minimum atomic E-state index is 0.272. The predicted molar refractivity (Wildman–Crippen MR) is 102 cm³/mol. The topological polar surface area (TPSA) is 17.8 Å². The Morgan fingerprint density at radius 1 is 1.04 bits per heavy atom. The Hall–Kier alpha value is -2.35. The largest absolute Gasteiger partial charge is 0.317 e. The van der Waals surface area contributed by atoms with Crippen molar-refractivity contribution in [2.75, 3.05) is 0 Å². The van der Waals surface area contributed by atoms with Crippen LogP contribution in [0.2, 0.25) is 0 Å². The average Bonchev–Trinajstić information content (AvgIpc) is 2.93. The lowest BCUT2D eigenvalue weighted by Crippen LogP contribution is -2.13. The van der Waals surface area contributed by atoms with E-state index < -0.39 is 0 Å². The molecule has 0 spiro atoms. The lowest BCUT2D eigenvalue weighted by Gasteiger charge is -2.24. The van der Waals surface area contributed by atoms with Gasteiger partial charge in [-0.1, -0.05) is 69.3 Å². The summed E-state index contributed by atoms with van der Waals surface area (Å²) in [7, 11) is 0. The highest BCUT2D eigenvalue weighted by Gasteiger charge is 2.23. The van der Waals surface area contributed by atoms with E-state index in [1.54, 1.807) is 0 Å². The van der Waals surface area contributed by atoms with E-state index in [2.05, 4.69) is 86.9 Å². The third-order valence-corrected chi connectivity index (χ3v) is 4.68. The van der Waals surface area contributed by atoms with Crippen LogP contribution in [0.4, 0.5) is 0 Å². The summed E-state index contributed by atoms with van der Waals surface area (Å²) >= 11 is 0. The summed E-state index contributed by atoms with van der Waals surface area (Å²) in [6, 6.07) is 15.3. The van der Waals surface area contributed by atoms with Crippen LogP contribution < -0.4 is 0 Å². The fourth-order valence-electron chi connectivity index (χ4n) is 3.68. The van der Waals surface area contributed by atoms with Gasteiger partial charge < -0.3 is 4.57 Å². The van der Waals surface area contributed by atoms with Gasteiger partial charge in [-0.3, -0.25) is 0 Å². The average molecular weight is 316 g/mol. The molecule has 3 aromatic rings. The van der Waals surface area contributed by atoms with Crippen LogP contribution in [-0.2, 0) is 6.42 Å². The Labute approximate surface area is 143 Å². The Bertz CT molecular complexity index is 924. The first-order valence-electron chi connectivity index (χ1n) is 8.71. The van der Waals surface area contributed by atoms with Gasteiger partial charge in [-0.15, -0.1) is 0 Å². The van der Waals surface area contributed by atoms with Crippen molar-refractivity contribution in [2.24, 2.45) is 5.41 Å². The van der Waals surface area contributed by atoms with E-state index in [0.29, 0.717) is 6.04 Å². The predicted octanol–water partition coefficient (Wildman–Crippen LogP) is 5.88. The Kier molecular flexibility index (Phi) is 3.38. The van der Waals surface area contributed by atoms with Crippen molar-refractivity contribution in [1.29, 1.82) is 0 Å². The highest BCUT2D eigenvalue weighted by atomic mass is 15.1. The second-order valence-corrected chi connectivity index (χ2v) is 8.01. The SMILES string of the molecule is CC1C=Cc2c(CC(C)(C)C)ccc3nc(-c4ccccc4)n1c23. The van der Waals surface area contributed by atoms with Gasteiger partial charge in [0.05, 0.1) is 17.1 Å². The molecule has 4 rings (SSSR count). The van der Waals surface area contributed by atoms with Crippen LogP contribution in [0.3, 0.4) is 0 Å². The van der Waals surface area contributed by atoms with Gasteiger partial charge in [0.25, 0.3) is 0 Å². The summed E-state index contributed by atoms with van der Waals surface area (Å²) in [5, 5.41) is 0. The molecule has 1 aromatic heterocycles. The molecule has 0 saturated heterocycles. The van der Waals surface area contributed by atoms with Gasteiger partial charge in [-0.2, -0.15) is 0 Å². The van der Waals surface area contributed by atoms with Crippen LogP contribution in [0.1, 0.15) is 44.9 Å². The number of benzene rings is 2. The molecular formula is C22H24N2.